The van der Waals surface area contributed by atoms with E-state index in [1.165, 1.54) is 12.8 Å². The zero-order chi connectivity index (χ0) is 11.8. The van der Waals surface area contributed by atoms with Gasteiger partial charge in [0, 0.05) is 26.1 Å². The van der Waals surface area contributed by atoms with Crippen molar-refractivity contribution in [2.75, 3.05) is 40.0 Å². The Morgan fingerprint density at radius 1 is 1.38 bits per heavy atom. The van der Waals surface area contributed by atoms with Crippen LogP contribution >= 0.6 is 0 Å². The van der Waals surface area contributed by atoms with E-state index in [0.717, 1.165) is 19.4 Å². The van der Waals surface area contributed by atoms with E-state index in [1.54, 1.807) is 7.11 Å². The summed E-state index contributed by atoms with van der Waals surface area (Å²) in [6.45, 7) is 2.45. The van der Waals surface area contributed by atoms with Gasteiger partial charge in [0.2, 0.25) is 0 Å². The lowest BCUT2D eigenvalue weighted by atomic mass is 10.0. The Morgan fingerprint density at radius 2 is 2.06 bits per heavy atom. The number of hydrogen-bond donors (Lipinski definition) is 1. The first-order valence-corrected chi connectivity index (χ1v) is 6.12. The van der Waals surface area contributed by atoms with Crippen molar-refractivity contribution in [1.82, 2.24) is 4.90 Å². The van der Waals surface area contributed by atoms with Crippen LogP contribution in [-0.4, -0.2) is 55.7 Å². The zero-order valence-corrected chi connectivity index (χ0v) is 10.2. The fraction of sp³-hybridized carbons (Fsp3) is 0.917. The van der Waals surface area contributed by atoms with Crippen LogP contribution in [0.5, 0.6) is 0 Å². The van der Waals surface area contributed by atoms with Gasteiger partial charge in [-0.2, -0.15) is 0 Å². The molecule has 1 fully saturated rings. The van der Waals surface area contributed by atoms with Gasteiger partial charge in [0.15, 0.2) is 0 Å². The van der Waals surface area contributed by atoms with Crippen molar-refractivity contribution in [3.8, 4) is 0 Å². The molecule has 0 aromatic carbocycles. The van der Waals surface area contributed by atoms with E-state index in [4.69, 9.17) is 9.84 Å². The fourth-order valence-electron chi connectivity index (χ4n) is 2.23. The van der Waals surface area contributed by atoms with Crippen molar-refractivity contribution in [1.29, 1.82) is 0 Å². The highest BCUT2D eigenvalue weighted by Crippen LogP contribution is 2.25. The Bertz CT molecular complexity index is 202. The fourth-order valence-corrected chi connectivity index (χ4v) is 2.23. The lowest BCUT2D eigenvalue weighted by Crippen LogP contribution is -2.36. The molecule has 0 radical (unpaired) electrons. The smallest absolute Gasteiger partial charge is 0.149 e. The van der Waals surface area contributed by atoms with Crippen LogP contribution in [-0.2, 0) is 9.53 Å². The Hall–Kier alpha value is -0.450. The molecule has 0 amide bonds. The van der Waals surface area contributed by atoms with E-state index in [-0.39, 0.29) is 12.5 Å². The second-order valence-corrected chi connectivity index (χ2v) is 4.44. The zero-order valence-electron chi connectivity index (χ0n) is 10.2. The van der Waals surface area contributed by atoms with Gasteiger partial charge in [-0.3, -0.25) is 9.69 Å². The molecule has 0 atom stereocenters. The Kier molecular flexibility index (Phi) is 6.61. The molecule has 94 valence electrons. The molecule has 0 bridgehead atoms. The van der Waals surface area contributed by atoms with Crippen LogP contribution in [0.15, 0.2) is 0 Å². The van der Waals surface area contributed by atoms with Crippen LogP contribution in [0.3, 0.4) is 0 Å². The average molecular weight is 229 g/mol. The van der Waals surface area contributed by atoms with Crippen molar-refractivity contribution < 1.29 is 14.6 Å². The van der Waals surface area contributed by atoms with Crippen LogP contribution in [0.2, 0.25) is 0 Å². The molecule has 0 aromatic rings. The minimum absolute atomic E-state index is 0.0989. The van der Waals surface area contributed by atoms with Gasteiger partial charge in [0.1, 0.15) is 5.78 Å². The quantitative estimate of drug-likeness (QED) is 0.665. The molecule has 0 aliphatic heterocycles. The third-order valence-electron chi connectivity index (χ3n) is 3.22. The Balaban J connectivity index is 2.30. The molecule has 0 saturated heterocycles. The van der Waals surface area contributed by atoms with Crippen LogP contribution in [0.25, 0.3) is 0 Å². The second kappa shape index (κ2) is 7.76. The molecule has 16 heavy (non-hydrogen) atoms. The number of Topliss-reactive ketones (excluding diaryl/α,β-unsaturated/α-hetero) is 1. The number of ketones is 1. The molecule has 1 aliphatic rings. The third-order valence-corrected chi connectivity index (χ3v) is 3.22. The molecule has 1 N–H and O–H groups in total. The molecule has 4 nitrogen and oxygen atoms in total. The van der Waals surface area contributed by atoms with E-state index in [1.807, 2.05) is 4.90 Å². The van der Waals surface area contributed by atoms with Gasteiger partial charge >= 0.3 is 0 Å². The normalized spacial score (nSPS) is 17.2. The van der Waals surface area contributed by atoms with E-state index in [2.05, 4.69) is 0 Å². The van der Waals surface area contributed by atoms with Gasteiger partial charge in [-0.25, -0.2) is 0 Å². The van der Waals surface area contributed by atoms with Crippen LogP contribution in [0.1, 0.15) is 25.7 Å². The predicted molar refractivity (Wildman–Crippen MR) is 62.4 cm³/mol. The van der Waals surface area contributed by atoms with Gasteiger partial charge in [-0.05, 0) is 12.8 Å². The first-order valence-electron chi connectivity index (χ1n) is 6.12. The summed E-state index contributed by atoms with van der Waals surface area (Å²) in [5.41, 5.74) is 0. The van der Waals surface area contributed by atoms with Crippen molar-refractivity contribution in [2.45, 2.75) is 25.7 Å². The minimum atomic E-state index is 0.0989. The maximum atomic E-state index is 11.9. The molecule has 1 rings (SSSR count). The first kappa shape index (κ1) is 13.6. The van der Waals surface area contributed by atoms with Crippen molar-refractivity contribution in [3.63, 3.8) is 0 Å². The highest BCUT2D eigenvalue weighted by atomic mass is 16.5. The van der Waals surface area contributed by atoms with Gasteiger partial charge < -0.3 is 9.84 Å². The monoisotopic (exact) mass is 229 g/mol. The molecular weight excluding hydrogens is 206 g/mol. The average Bonchev–Trinajstić information content (AvgIpc) is 2.79. The predicted octanol–water partition coefficient (Wildman–Crippen LogP) is 0.686. The Labute approximate surface area is 97.6 Å². The molecule has 4 heteroatoms. The lowest BCUT2D eigenvalue weighted by Gasteiger charge is -2.21. The molecule has 0 aromatic heterocycles. The summed E-state index contributed by atoms with van der Waals surface area (Å²) < 4.78 is 4.99. The summed E-state index contributed by atoms with van der Waals surface area (Å²) in [4.78, 5) is 13.9. The number of carbonyl (C=O) groups excluding carboxylic acids is 1. The summed E-state index contributed by atoms with van der Waals surface area (Å²) in [6.07, 6.45) is 4.48. The van der Waals surface area contributed by atoms with Crippen molar-refractivity contribution in [3.05, 3.63) is 0 Å². The van der Waals surface area contributed by atoms with E-state index >= 15 is 0 Å². The largest absolute Gasteiger partial charge is 0.395 e. The maximum Gasteiger partial charge on any atom is 0.149 e. The molecule has 0 unspecified atom stereocenters. The van der Waals surface area contributed by atoms with Crippen LogP contribution in [0.4, 0.5) is 0 Å². The number of methoxy groups -OCH3 is 1. The molecule has 0 spiro atoms. The lowest BCUT2D eigenvalue weighted by molar-refractivity contribution is -0.124. The number of nitrogens with zero attached hydrogens (tertiary/aromatic N) is 1. The third kappa shape index (κ3) is 4.60. The van der Waals surface area contributed by atoms with Gasteiger partial charge in [0.05, 0.1) is 19.8 Å². The molecular formula is C12H23NO3. The summed E-state index contributed by atoms with van der Waals surface area (Å²) in [5.74, 6) is 0.603. The number of aliphatic hydroxyl groups is 1. The standard InChI is InChI=1S/C12H23NO3/c1-16-9-7-13(6-8-14)10-12(15)11-4-2-3-5-11/h11,14H,2-10H2,1H3. The highest BCUT2D eigenvalue weighted by molar-refractivity contribution is 5.83. The number of hydrogen-bond acceptors (Lipinski definition) is 4. The molecule has 1 saturated carbocycles. The van der Waals surface area contributed by atoms with Gasteiger partial charge in [-0.1, -0.05) is 12.8 Å². The van der Waals surface area contributed by atoms with Crippen LogP contribution in [0, 0.1) is 5.92 Å². The first-order chi connectivity index (χ1) is 7.77. The topological polar surface area (TPSA) is 49.8 Å². The number of aliphatic hydroxyl groups excluding tert-OH is 1. The summed E-state index contributed by atoms with van der Waals surface area (Å²) >= 11 is 0. The van der Waals surface area contributed by atoms with E-state index in [0.29, 0.717) is 25.5 Å². The maximum absolute atomic E-state index is 11.9. The highest BCUT2D eigenvalue weighted by Gasteiger charge is 2.23. The second-order valence-electron chi connectivity index (χ2n) is 4.44. The van der Waals surface area contributed by atoms with E-state index < -0.39 is 0 Å². The minimum Gasteiger partial charge on any atom is -0.395 e. The molecule has 1 aliphatic carbocycles. The van der Waals surface area contributed by atoms with Crippen molar-refractivity contribution >= 4 is 5.78 Å². The van der Waals surface area contributed by atoms with Crippen LogP contribution < -0.4 is 0 Å². The molecule has 0 heterocycles. The number of carbonyl (C=O) groups is 1. The summed E-state index contributed by atoms with van der Waals surface area (Å²) in [7, 11) is 1.65. The van der Waals surface area contributed by atoms with Gasteiger partial charge in [0.25, 0.3) is 0 Å². The van der Waals surface area contributed by atoms with E-state index in [9.17, 15) is 4.79 Å². The van der Waals surface area contributed by atoms with Crippen molar-refractivity contribution in [2.24, 2.45) is 5.92 Å². The number of rotatable bonds is 8. The number of ether oxygens (including phenoxy) is 1. The summed E-state index contributed by atoms with van der Waals surface area (Å²) in [5, 5.41) is 8.92. The SMILES string of the molecule is COCCN(CCO)CC(=O)C1CCCC1. The Morgan fingerprint density at radius 3 is 2.62 bits per heavy atom. The summed E-state index contributed by atoms with van der Waals surface area (Å²) in [6, 6.07) is 0. The van der Waals surface area contributed by atoms with Gasteiger partial charge in [-0.15, -0.1) is 0 Å².